The Hall–Kier alpha value is -1.15. The second-order valence-corrected chi connectivity index (χ2v) is 18.7. The summed E-state index contributed by atoms with van der Waals surface area (Å²) in [7, 11) is 0. The van der Waals surface area contributed by atoms with E-state index >= 15 is 0 Å². The minimum atomic E-state index is -1.66. The maximum atomic E-state index is 13.1. The zero-order chi connectivity index (χ0) is 44.9. The summed E-state index contributed by atoms with van der Waals surface area (Å²) in [6, 6.07) is -1.16. The van der Waals surface area contributed by atoms with E-state index < -0.39 is 74.2 Å². The van der Waals surface area contributed by atoms with Crippen LogP contribution >= 0.6 is 0 Å². The molecule has 0 radical (unpaired) electrons. The van der Waals surface area contributed by atoms with Gasteiger partial charge in [0.05, 0.1) is 25.4 Å². The van der Waals surface area contributed by atoms with E-state index in [1.165, 1.54) is 141 Å². The van der Waals surface area contributed by atoms with E-state index in [0.29, 0.717) is 19.3 Å². The summed E-state index contributed by atoms with van der Waals surface area (Å²) in [6.45, 7) is 5.74. The van der Waals surface area contributed by atoms with Gasteiger partial charge in [0.2, 0.25) is 5.91 Å². The number of aliphatic hydroxyl groups excluding tert-OH is 7. The fourth-order valence-corrected chi connectivity index (χ4v) is 8.27. The first-order valence-corrected chi connectivity index (χ1v) is 25.4. The molecule has 0 aliphatic carbocycles. The maximum absolute atomic E-state index is 13.1. The Morgan fingerprint density at radius 3 is 1.48 bits per heavy atom. The van der Waals surface area contributed by atoms with E-state index in [1.54, 1.807) is 0 Å². The maximum Gasteiger partial charge on any atom is 0.249 e. The van der Waals surface area contributed by atoms with Crippen LogP contribution in [0.1, 0.15) is 226 Å². The zero-order valence-electron chi connectivity index (χ0n) is 39.3. The fourth-order valence-electron chi connectivity index (χ4n) is 8.27. The molecule has 1 rings (SSSR count). The molecule has 0 aromatic carbocycles. The summed E-state index contributed by atoms with van der Waals surface area (Å²) < 4.78 is 11.1. The van der Waals surface area contributed by atoms with Crippen molar-refractivity contribution in [3.63, 3.8) is 0 Å². The molecule has 61 heavy (non-hydrogen) atoms. The quantitative estimate of drug-likeness (QED) is 0.0217. The molecule has 0 aromatic rings. The number of aliphatic hydroxyl groups is 7. The number of carbonyl (C=O) groups excluding carboxylic acids is 1. The lowest BCUT2D eigenvalue weighted by Gasteiger charge is -2.40. The second-order valence-electron chi connectivity index (χ2n) is 18.7. The lowest BCUT2D eigenvalue weighted by atomic mass is 9.98. The first-order valence-electron chi connectivity index (χ1n) is 25.4. The minimum Gasteiger partial charge on any atom is -0.394 e. The molecular formula is C50H97NO10. The number of amides is 1. The molecule has 362 valence electrons. The fraction of sp³-hybridized carbons (Fsp3) is 0.940. The van der Waals surface area contributed by atoms with Crippen molar-refractivity contribution >= 4 is 5.91 Å². The molecule has 1 saturated heterocycles. The highest BCUT2D eigenvalue weighted by molar-refractivity contribution is 5.80. The molecule has 1 heterocycles. The average Bonchev–Trinajstić information content (AvgIpc) is 3.25. The number of carbonyl (C=O) groups is 1. The predicted molar refractivity (Wildman–Crippen MR) is 247 cm³/mol. The van der Waals surface area contributed by atoms with E-state index in [2.05, 4.69) is 38.2 Å². The summed E-state index contributed by atoms with van der Waals surface area (Å²) in [5.41, 5.74) is 0. The Morgan fingerprint density at radius 1 is 0.590 bits per heavy atom. The van der Waals surface area contributed by atoms with Gasteiger partial charge in [-0.2, -0.15) is 0 Å². The van der Waals surface area contributed by atoms with Gasteiger partial charge in [-0.3, -0.25) is 4.79 Å². The number of ether oxygens (including phenoxy) is 2. The molecule has 0 aromatic heterocycles. The van der Waals surface area contributed by atoms with Crippen molar-refractivity contribution in [3.05, 3.63) is 12.2 Å². The van der Waals surface area contributed by atoms with Crippen molar-refractivity contribution in [2.45, 2.75) is 281 Å². The van der Waals surface area contributed by atoms with Crippen LogP contribution in [0.5, 0.6) is 0 Å². The van der Waals surface area contributed by atoms with Gasteiger partial charge in [0.15, 0.2) is 6.29 Å². The lowest BCUT2D eigenvalue weighted by molar-refractivity contribution is -0.303. The number of allylic oxidation sites excluding steroid dienone is 2. The first-order chi connectivity index (χ1) is 29.5. The highest BCUT2D eigenvalue weighted by Gasteiger charge is 2.44. The minimum absolute atomic E-state index is 0.262. The topological polar surface area (TPSA) is 189 Å². The van der Waals surface area contributed by atoms with Crippen molar-refractivity contribution in [1.82, 2.24) is 5.32 Å². The summed E-state index contributed by atoms with van der Waals surface area (Å²) in [5.74, 6) is 0.0664. The summed E-state index contributed by atoms with van der Waals surface area (Å²) in [4.78, 5) is 13.1. The van der Waals surface area contributed by atoms with Gasteiger partial charge in [-0.25, -0.2) is 0 Å². The molecule has 1 amide bonds. The third-order valence-electron chi connectivity index (χ3n) is 12.5. The smallest absolute Gasteiger partial charge is 0.249 e. The number of nitrogens with one attached hydrogen (secondary N) is 1. The molecule has 0 spiro atoms. The van der Waals surface area contributed by atoms with Gasteiger partial charge in [0.25, 0.3) is 0 Å². The monoisotopic (exact) mass is 872 g/mol. The Morgan fingerprint density at radius 2 is 1.02 bits per heavy atom. The van der Waals surface area contributed by atoms with E-state index in [0.717, 1.165) is 44.4 Å². The highest BCUT2D eigenvalue weighted by Crippen LogP contribution is 2.23. The van der Waals surface area contributed by atoms with E-state index in [9.17, 15) is 40.5 Å². The van der Waals surface area contributed by atoms with E-state index in [4.69, 9.17) is 9.47 Å². The molecule has 0 saturated carbocycles. The van der Waals surface area contributed by atoms with Crippen molar-refractivity contribution < 1.29 is 50.0 Å². The van der Waals surface area contributed by atoms with E-state index in [1.807, 2.05) is 0 Å². The van der Waals surface area contributed by atoms with E-state index in [-0.39, 0.29) is 6.42 Å². The molecule has 9 atom stereocenters. The Bertz CT molecular complexity index is 1010. The standard InChI is InChI=1S/C50H97NO10/c1-4-5-6-7-8-9-10-11-12-13-14-15-16-17-18-19-20-21-24-28-31-34-37-43(54)49(59)51-41(39-60-50-48(58)47(57)46(56)44(38-52)61-50)45(55)42(53)36-33-30-27-25-22-23-26-29-32-35-40(2)3/h11-12,40-48,50,52-58H,4-10,13-39H2,1-3H3,(H,51,59)/b12-11-/t41-,42+,43-,44+,45-,46+,47-,48+,50+/m0/s1. The summed E-state index contributed by atoms with van der Waals surface area (Å²) >= 11 is 0. The van der Waals surface area contributed by atoms with Crippen LogP contribution in [-0.4, -0.2) is 110 Å². The molecule has 11 nitrogen and oxygen atoms in total. The lowest BCUT2D eigenvalue weighted by Crippen LogP contribution is -2.60. The van der Waals surface area contributed by atoms with Crippen molar-refractivity contribution in [2.24, 2.45) is 5.92 Å². The van der Waals surface area contributed by atoms with Crippen molar-refractivity contribution in [3.8, 4) is 0 Å². The van der Waals surface area contributed by atoms with Crippen LogP contribution in [0.2, 0.25) is 0 Å². The van der Waals surface area contributed by atoms with Crippen LogP contribution in [0.3, 0.4) is 0 Å². The Kier molecular flexibility index (Phi) is 37.2. The van der Waals surface area contributed by atoms with Gasteiger partial charge >= 0.3 is 0 Å². The van der Waals surface area contributed by atoms with Crippen LogP contribution in [-0.2, 0) is 14.3 Å². The molecule has 1 aliphatic heterocycles. The van der Waals surface area contributed by atoms with Crippen molar-refractivity contribution in [2.75, 3.05) is 13.2 Å². The van der Waals surface area contributed by atoms with Crippen LogP contribution in [0.15, 0.2) is 12.2 Å². The molecule has 11 heteroatoms. The van der Waals surface area contributed by atoms with Crippen LogP contribution < -0.4 is 5.32 Å². The number of unbranched alkanes of at least 4 members (excludes halogenated alkanes) is 26. The van der Waals surface area contributed by atoms with Gasteiger partial charge in [-0.1, -0.05) is 200 Å². The van der Waals surface area contributed by atoms with Gasteiger partial charge in [0, 0.05) is 0 Å². The second kappa shape index (κ2) is 39.2. The molecule has 0 bridgehead atoms. The SMILES string of the molecule is CCCCCCCC/C=C\CCCCCCCCCCCCCC[C@H](O)C(=O)N[C@@H](CO[C@@H]1O[C@H](CO)[C@@H](O)[C@H](O)[C@H]1O)[C@H](O)[C@H](O)CCCCCCCCCCCC(C)C. The van der Waals surface area contributed by atoms with Crippen LogP contribution in [0, 0.1) is 5.92 Å². The molecule has 1 aliphatic rings. The summed E-state index contributed by atoms with van der Waals surface area (Å²) in [6.07, 6.45) is 29.9. The van der Waals surface area contributed by atoms with Gasteiger partial charge in [0.1, 0.15) is 36.6 Å². The first kappa shape index (κ1) is 57.9. The summed E-state index contributed by atoms with van der Waals surface area (Å²) in [5, 5.41) is 75.8. The Balaban J connectivity index is 2.35. The molecule has 8 N–H and O–H groups in total. The third-order valence-corrected chi connectivity index (χ3v) is 12.5. The number of hydrogen-bond donors (Lipinski definition) is 8. The normalized spacial score (nSPS) is 21.6. The highest BCUT2D eigenvalue weighted by atomic mass is 16.7. The Labute approximate surface area is 372 Å². The third kappa shape index (κ3) is 29.8. The van der Waals surface area contributed by atoms with Gasteiger partial charge in [-0.05, 0) is 44.4 Å². The van der Waals surface area contributed by atoms with Gasteiger partial charge in [-0.15, -0.1) is 0 Å². The largest absolute Gasteiger partial charge is 0.394 e. The van der Waals surface area contributed by atoms with Gasteiger partial charge < -0.3 is 50.5 Å². The molecular weight excluding hydrogens is 775 g/mol. The number of hydrogen-bond acceptors (Lipinski definition) is 10. The van der Waals surface area contributed by atoms with Crippen molar-refractivity contribution in [1.29, 1.82) is 0 Å². The predicted octanol–water partition coefficient (Wildman–Crippen LogP) is 9.09. The zero-order valence-corrected chi connectivity index (χ0v) is 39.3. The number of rotatable bonds is 42. The molecule has 0 unspecified atom stereocenters. The van der Waals surface area contributed by atoms with Crippen LogP contribution in [0.25, 0.3) is 0 Å². The molecule has 1 fully saturated rings. The van der Waals surface area contributed by atoms with Crippen LogP contribution in [0.4, 0.5) is 0 Å². The average molecular weight is 872 g/mol.